The highest BCUT2D eigenvalue weighted by Crippen LogP contribution is 2.09. The van der Waals surface area contributed by atoms with E-state index in [1.807, 2.05) is 0 Å². The standard InChI is InChI=1S/C11H12FNO2/c1-8(5-11(14)15)7-13-10-4-2-3-9(12)6-10/h2-6,13H,7H2,1H3,(H,14,15)/b8-5-. The third-order valence-electron chi connectivity index (χ3n) is 1.77. The Morgan fingerprint density at radius 1 is 1.60 bits per heavy atom. The molecule has 0 heterocycles. The second-order valence-electron chi connectivity index (χ2n) is 3.19. The normalized spacial score (nSPS) is 11.2. The van der Waals surface area contributed by atoms with E-state index in [9.17, 15) is 9.18 Å². The lowest BCUT2D eigenvalue weighted by Gasteiger charge is -2.05. The molecule has 0 atom stereocenters. The van der Waals surface area contributed by atoms with Gasteiger partial charge in [0.15, 0.2) is 0 Å². The molecular formula is C11H12FNO2. The third-order valence-corrected chi connectivity index (χ3v) is 1.77. The number of hydrogen-bond donors (Lipinski definition) is 2. The smallest absolute Gasteiger partial charge is 0.328 e. The van der Waals surface area contributed by atoms with E-state index < -0.39 is 5.97 Å². The fraction of sp³-hybridized carbons (Fsp3) is 0.182. The highest BCUT2D eigenvalue weighted by molar-refractivity contribution is 5.80. The number of carboxylic acids is 1. The molecule has 2 N–H and O–H groups in total. The van der Waals surface area contributed by atoms with E-state index in [4.69, 9.17) is 5.11 Å². The molecule has 0 aliphatic heterocycles. The van der Waals surface area contributed by atoms with Gasteiger partial charge in [0.25, 0.3) is 0 Å². The first-order valence-corrected chi connectivity index (χ1v) is 4.47. The van der Waals surface area contributed by atoms with Crippen molar-refractivity contribution in [3.63, 3.8) is 0 Å². The summed E-state index contributed by atoms with van der Waals surface area (Å²) in [5.41, 5.74) is 1.31. The molecule has 0 saturated carbocycles. The van der Waals surface area contributed by atoms with Crippen LogP contribution in [0.3, 0.4) is 0 Å². The SMILES string of the molecule is C/C(=C/C(=O)O)CNc1cccc(F)c1. The Kier molecular flexibility index (Phi) is 3.85. The Morgan fingerprint density at radius 2 is 2.33 bits per heavy atom. The van der Waals surface area contributed by atoms with E-state index in [-0.39, 0.29) is 5.82 Å². The molecule has 1 aromatic rings. The Labute approximate surface area is 87.2 Å². The molecule has 0 unspecified atom stereocenters. The summed E-state index contributed by atoms with van der Waals surface area (Å²) < 4.78 is 12.8. The summed E-state index contributed by atoms with van der Waals surface area (Å²) in [6.07, 6.45) is 1.12. The Balaban J connectivity index is 2.54. The first-order chi connectivity index (χ1) is 7.08. The Hall–Kier alpha value is -1.84. The average Bonchev–Trinajstić information content (AvgIpc) is 2.14. The molecule has 1 aromatic carbocycles. The number of halogens is 1. The van der Waals surface area contributed by atoms with Gasteiger partial charge in [-0.3, -0.25) is 0 Å². The van der Waals surface area contributed by atoms with Crippen molar-refractivity contribution in [2.45, 2.75) is 6.92 Å². The number of carbonyl (C=O) groups is 1. The van der Waals surface area contributed by atoms with Crippen LogP contribution in [0.1, 0.15) is 6.92 Å². The molecular weight excluding hydrogens is 197 g/mol. The number of carboxylic acid groups (broad SMARTS) is 1. The van der Waals surface area contributed by atoms with Crippen molar-refractivity contribution in [3.8, 4) is 0 Å². The number of benzene rings is 1. The van der Waals surface area contributed by atoms with Crippen LogP contribution >= 0.6 is 0 Å². The van der Waals surface area contributed by atoms with Gasteiger partial charge in [-0.25, -0.2) is 9.18 Å². The summed E-state index contributed by atoms with van der Waals surface area (Å²) in [6, 6.07) is 6.02. The van der Waals surface area contributed by atoms with Crippen molar-refractivity contribution in [1.29, 1.82) is 0 Å². The molecule has 0 saturated heterocycles. The molecule has 1 rings (SSSR count). The topological polar surface area (TPSA) is 49.3 Å². The zero-order valence-electron chi connectivity index (χ0n) is 8.33. The summed E-state index contributed by atoms with van der Waals surface area (Å²) in [4.78, 5) is 10.3. The van der Waals surface area contributed by atoms with E-state index in [0.717, 1.165) is 6.08 Å². The molecule has 0 aromatic heterocycles. The van der Waals surface area contributed by atoms with Crippen LogP contribution < -0.4 is 5.32 Å². The van der Waals surface area contributed by atoms with Gasteiger partial charge in [0.1, 0.15) is 5.82 Å². The number of rotatable bonds is 4. The number of aliphatic carboxylic acids is 1. The van der Waals surface area contributed by atoms with Crippen LogP contribution in [-0.4, -0.2) is 17.6 Å². The fourth-order valence-corrected chi connectivity index (χ4v) is 1.10. The fourth-order valence-electron chi connectivity index (χ4n) is 1.10. The lowest BCUT2D eigenvalue weighted by molar-refractivity contribution is -0.131. The summed E-state index contributed by atoms with van der Waals surface area (Å²) in [7, 11) is 0. The molecule has 0 aliphatic carbocycles. The maximum absolute atomic E-state index is 12.8. The maximum Gasteiger partial charge on any atom is 0.328 e. The van der Waals surface area contributed by atoms with Gasteiger partial charge in [0.05, 0.1) is 0 Å². The third kappa shape index (κ3) is 4.26. The lowest BCUT2D eigenvalue weighted by atomic mass is 10.2. The lowest BCUT2D eigenvalue weighted by Crippen LogP contribution is -2.04. The molecule has 15 heavy (non-hydrogen) atoms. The van der Waals surface area contributed by atoms with E-state index in [1.54, 1.807) is 19.1 Å². The van der Waals surface area contributed by atoms with Crippen molar-refractivity contribution in [2.75, 3.05) is 11.9 Å². The molecule has 80 valence electrons. The summed E-state index contributed by atoms with van der Waals surface area (Å²) in [5, 5.41) is 11.4. The molecule has 0 radical (unpaired) electrons. The maximum atomic E-state index is 12.8. The minimum absolute atomic E-state index is 0.320. The molecule has 4 heteroatoms. The number of hydrogen-bond acceptors (Lipinski definition) is 2. The van der Waals surface area contributed by atoms with Gasteiger partial charge in [0.2, 0.25) is 0 Å². The van der Waals surface area contributed by atoms with Crippen molar-refractivity contribution in [3.05, 3.63) is 41.7 Å². The van der Waals surface area contributed by atoms with Gasteiger partial charge in [0, 0.05) is 18.3 Å². The molecule has 0 amide bonds. The van der Waals surface area contributed by atoms with Crippen molar-refractivity contribution in [1.82, 2.24) is 0 Å². The molecule has 0 bridgehead atoms. The van der Waals surface area contributed by atoms with Crippen LogP contribution in [0.5, 0.6) is 0 Å². The molecule has 0 fully saturated rings. The average molecular weight is 209 g/mol. The van der Waals surface area contributed by atoms with Gasteiger partial charge >= 0.3 is 5.97 Å². The highest BCUT2D eigenvalue weighted by Gasteiger charge is 1.96. The van der Waals surface area contributed by atoms with E-state index in [1.165, 1.54) is 12.1 Å². The summed E-state index contributed by atoms with van der Waals surface area (Å²) in [6.45, 7) is 2.08. The quantitative estimate of drug-likeness (QED) is 0.748. The zero-order valence-corrected chi connectivity index (χ0v) is 8.33. The van der Waals surface area contributed by atoms with Gasteiger partial charge in [-0.05, 0) is 30.7 Å². The minimum atomic E-state index is -0.978. The summed E-state index contributed by atoms with van der Waals surface area (Å²) in [5.74, 6) is -1.30. The second kappa shape index (κ2) is 5.14. The first kappa shape index (κ1) is 11.2. The van der Waals surface area contributed by atoms with Gasteiger partial charge in [-0.2, -0.15) is 0 Å². The van der Waals surface area contributed by atoms with Crippen molar-refractivity contribution >= 4 is 11.7 Å². The number of anilines is 1. The Bertz CT molecular complexity index is 388. The van der Waals surface area contributed by atoms with Crippen LogP contribution in [0.15, 0.2) is 35.9 Å². The second-order valence-corrected chi connectivity index (χ2v) is 3.19. The van der Waals surface area contributed by atoms with Crippen LogP contribution in [0.2, 0.25) is 0 Å². The van der Waals surface area contributed by atoms with E-state index in [0.29, 0.717) is 17.8 Å². The predicted molar refractivity (Wildman–Crippen MR) is 56.3 cm³/mol. The van der Waals surface area contributed by atoms with E-state index in [2.05, 4.69) is 5.32 Å². The summed E-state index contributed by atoms with van der Waals surface area (Å²) >= 11 is 0. The van der Waals surface area contributed by atoms with Crippen molar-refractivity contribution in [2.24, 2.45) is 0 Å². The Morgan fingerprint density at radius 3 is 2.93 bits per heavy atom. The van der Waals surface area contributed by atoms with Gasteiger partial charge in [-0.15, -0.1) is 0 Å². The molecule has 0 aliphatic rings. The largest absolute Gasteiger partial charge is 0.478 e. The molecule has 3 nitrogen and oxygen atoms in total. The van der Waals surface area contributed by atoms with Crippen LogP contribution in [0.4, 0.5) is 10.1 Å². The first-order valence-electron chi connectivity index (χ1n) is 4.47. The van der Waals surface area contributed by atoms with Crippen LogP contribution in [0.25, 0.3) is 0 Å². The van der Waals surface area contributed by atoms with Crippen molar-refractivity contribution < 1.29 is 14.3 Å². The number of nitrogens with one attached hydrogen (secondary N) is 1. The van der Waals surface area contributed by atoms with Gasteiger partial charge < -0.3 is 10.4 Å². The van der Waals surface area contributed by atoms with Crippen LogP contribution in [-0.2, 0) is 4.79 Å². The zero-order chi connectivity index (χ0) is 11.3. The van der Waals surface area contributed by atoms with Gasteiger partial charge in [-0.1, -0.05) is 6.07 Å². The monoisotopic (exact) mass is 209 g/mol. The predicted octanol–water partition coefficient (Wildman–Crippen LogP) is 2.27. The molecule has 0 spiro atoms. The minimum Gasteiger partial charge on any atom is -0.478 e. The highest BCUT2D eigenvalue weighted by atomic mass is 19.1. The van der Waals surface area contributed by atoms with E-state index >= 15 is 0 Å². The van der Waals surface area contributed by atoms with Crippen LogP contribution in [0, 0.1) is 5.82 Å².